The van der Waals surface area contributed by atoms with Gasteiger partial charge in [-0.25, -0.2) is 4.99 Å². The van der Waals surface area contributed by atoms with Crippen molar-refractivity contribution in [2.45, 2.75) is 32.2 Å². The summed E-state index contributed by atoms with van der Waals surface area (Å²) in [7, 11) is 0. The van der Waals surface area contributed by atoms with E-state index in [4.69, 9.17) is 4.99 Å². The van der Waals surface area contributed by atoms with E-state index in [-0.39, 0.29) is 0 Å². The highest BCUT2D eigenvalue weighted by Gasteiger charge is 2.21. The molecule has 1 saturated heterocycles. The van der Waals surface area contributed by atoms with Crippen molar-refractivity contribution in [2.75, 3.05) is 11.9 Å². The minimum atomic E-state index is 0.478. The minimum Gasteiger partial charge on any atom is -0.355 e. The van der Waals surface area contributed by atoms with Gasteiger partial charge in [-0.1, -0.05) is 66.7 Å². The summed E-state index contributed by atoms with van der Waals surface area (Å²) in [5.74, 6) is 1.01. The molecule has 0 spiro atoms. The van der Waals surface area contributed by atoms with Gasteiger partial charge in [-0.3, -0.25) is 0 Å². The summed E-state index contributed by atoms with van der Waals surface area (Å²) < 4.78 is 0. The van der Waals surface area contributed by atoms with E-state index in [1.165, 1.54) is 19.3 Å². The topological polar surface area (TPSA) is 27.6 Å². The third-order valence-electron chi connectivity index (χ3n) is 5.51. The number of nitrogens with one attached hydrogen (secondary N) is 1. The number of hydrogen-bond acceptors (Lipinski definition) is 2. The molecule has 0 aliphatic carbocycles. The summed E-state index contributed by atoms with van der Waals surface area (Å²) in [6.07, 6.45) is 5.90. The second kappa shape index (κ2) is 9.93. The molecule has 3 aromatic rings. The molecule has 1 fully saturated rings. The molecule has 1 heterocycles. The quantitative estimate of drug-likeness (QED) is 0.382. The first-order valence-corrected chi connectivity index (χ1v) is 10.8. The number of anilines is 1. The van der Waals surface area contributed by atoms with Crippen molar-refractivity contribution in [1.82, 2.24) is 4.90 Å². The summed E-state index contributed by atoms with van der Waals surface area (Å²) in [4.78, 5) is 7.52. The monoisotopic (exact) mass is 395 g/mol. The third kappa shape index (κ3) is 5.18. The van der Waals surface area contributed by atoms with Gasteiger partial charge in [0.2, 0.25) is 0 Å². The van der Waals surface area contributed by atoms with Gasteiger partial charge >= 0.3 is 0 Å². The average molecular weight is 396 g/mol. The first-order chi connectivity index (χ1) is 14.8. The maximum atomic E-state index is 5.07. The summed E-state index contributed by atoms with van der Waals surface area (Å²) in [5, 5.41) is 3.62. The van der Waals surface area contributed by atoms with E-state index in [9.17, 15) is 0 Å². The standard InChI is InChI=1S/C27H29N3/c1-22-13-11-12-20-30(22)27(29-25-18-9-4-10-19-25)21-26(23-14-5-2-6-15-23)28-24-16-7-3-8-17-24/h2-10,14-19,21-22,28H,11-13,20H2,1H3. The van der Waals surface area contributed by atoms with Gasteiger partial charge in [-0.2, -0.15) is 0 Å². The molecule has 0 aromatic heterocycles. The molecule has 1 aliphatic heterocycles. The fourth-order valence-electron chi connectivity index (χ4n) is 3.87. The Morgan fingerprint density at radius 3 is 2.17 bits per heavy atom. The van der Waals surface area contributed by atoms with Gasteiger partial charge in [-0.05, 0) is 56.0 Å². The molecule has 1 N–H and O–H groups in total. The van der Waals surface area contributed by atoms with Crippen molar-refractivity contribution < 1.29 is 0 Å². The van der Waals surface area contributed by atoms with E-state index in [1.54, 1.807) is 0 Å². The number of hydrogen-bond donors (Lipinski definition) is 1. The Hall–Kier alpha value is -3.33. The van der Waals surface area contributed by atoms with E-state index < -0.39 is 0 Å². The van der Waals surface area contributed by atoms with Crippen molar-refractivity contribution in [2.24, 2.45) is 4.99 Å². The van der Waals surface area contributed by atoms with Crippen LogP contribution < -0.4 is 5.32 Å². The first kappa shape index (κ1) is 20.0. The van der Waals surface area contributed by atoms with Crippen LogP contribution in [0.1, 0.15) is 31.7 Å². The van der Waals surface area contributed by atoms with Crippen molar-refractivity contribution in [3.63, 3.8) is 0 Å². The summed E-state index contributed by atoms with van der Waals surface area (Å²) in [6.45, 7) is 3.34. The Bertz CT molecular complexity index is 978. The summed E-state index contributed by atoms with van der Waals surface area (Å²) in [5.41, 5.74) is 4.24. The number of rotatable bonds is 5. The Balaban J connectivity index is 1.78. The largest absolute Gasteiger partial charge is 0.355 e. The second-order valence-corrected chi connectivity index (χ2v) is 7.76. The van der Waals surface area contributed by atoms with Crippen LogP contribution in [-0.4, -0.2) is 23.3 Å². The number of benzene rings is 3. The second-order valence-electron chi connectivity index (χ2n) is 7.76. The highest BCUT2D eigenvalue weighted by molar-refractivity contribution is 6.02. The lowest BCUT2D eigenvalue weighted by molar-refractivity contribution is 0.259. The number of likely N-dealkylation sites (tertiary alicyclic amines) is 1. The van der Waals surface area contributed by atoms with Gasteiger partial charge in [0, 0.05) is 30.0 Å². The SMILES string of the molecule is CC1CCCCN1C(C=C(Nc1ccccc1)c1ccccc1)=Nc1ccccc1. The summed E-state index contributed by atoms with van der Waals surface area (Å²) >= 11 is 0. The highest BCUT2D eigenvalue weighted by Crippen LogP contribution is 2.24. The van der Waals surface area contributed by atoms with Gasteiger partial charge in [0.1, 0.15) is 5.84 Å². The molecule has 4 rings (SSSR count). The lowest BCUT2D eigenvalue weighted by Crippen LogP contribution is -2.41. The van der Waals surface area contributed by atoms with Crippen LogP contribution in [0.15, 0.2) is 102 Å². The lowest BCUT2D eigenvalue weighted by Gasteiger charge is -2.35. The maximum Gasteiger partial charge on any atom is 0.131 e. The van der Waals surface area contributed by atoms with Crippen molar-refractivity contribution in [1.29, 1.82) is 0 Å². The number of para-hydroxylation sites is 2. The predicted octanol–water partition coefficient (Wildman–Crippen LogP) is 6.74. The van der Waals surface area contributed by atoms with E-state index >= 15 is 0 Å². The highest BCUT2D eigenvalue weighted by atomic mass is 15.2. The van der Waals surface area contributed by atoms with Gasteiger partial charge in [0.25, 0.3) is 0 Å². The van der Waals surface area contributed by atoms with Crippen molar-refractivity contribution >= 4 is 22.9 Å². The van der Waals surface area contributed by atoms with Crippen LogP contribution in [0.5, 0.6) is 0 Å². The van der Waals surface area contributed by atoms with Crippen LogP contribution in [0.25, 0.3) is 5.70 Å². The molecule has 152 valence electrons. The molecule has 3 aromatic carbocycles. The van der Waals surface area contributed by atoms with E-state index in [0.29, 0.717) is 6.04 Å². The van der Waals surface area contributed by atoms with Gasteiger partial charge in [-0.15, -0.1) is 0 Å². The van der Waals surface area contributed by atoms with E-state index in [2.05, 4.69) is 89.9 Å². The molecule has 3 nitrogen and oxygen atoms in total. The molecule has 30 heavy (non-hydrogen) atoms. The van der Waals surface area contributed by atoms with Gasteiger partial charge in [0.05, 0.1) is 5.69 Å². The normalized spacial score (nSPS) is 17.6. The van der Waals surface area contributed by atoms with Crippen molar-refractivity contribution in [3.05, 3.63) is 103 Å². The molecule has 0 bridgehead atoms. The van der Waals surface area contributed by atoms with E-state index in [0.717, 1.165) is 35.0 Å². The maximum absolute atomic E-state index is 5.07. The smallest absolute Gasteiger partial charge is 0.131 e. The lowest BCUT2D eigenvalue weighted by atomic mass is 10.0. The number of aliphatic imine (C=N–C) groups is 1. The zero-order valence-corrected chi connectivity index (χ0v) is 17.5. The molecule has 0 saturated carbocycles. The van der Waals surface area contributed by atoms with Crippen LogP contribution in [0.4, 0.5) is 11.4 Å². The average Bonchev–Trinajstić information content (AvgIpc) is 2.80. The Morgan fingerprint density at radius 2 is 1.50 bits per heavy atom. The Morgan fingerprint density at radius 1 is 0.867 bits per heavy atom. The van der Waals surface area contributed by atoms with Gasteiger partial charge in [0.15, 0.2) is 0 Å². The van der Waals surface area contributed by atoms with Crippen LogP contribution in [-0.2, 0) is 0 Å². The van der Waals surface area contributed by atoms with Crippen LogP contribution >= 0.6 is 0 Å². The predicted molar refractivity (Wildman–Crippen MR) is 128 cm³/mol. The summed E-state index contributed by atoms with van der Waals surface area (Å²) in [6, 6.07) is 31.5. The van der Waals surface area contributed by atoms with Crippen LogP contribution in [0, 0.1) is 0 Å². The minimum absolute atomic E-state index is 0.478. The molecule has 1 atom stereocenters. The Labute approximate surface area is 179 Å². The van der Waals surface area contributed by atoms with Crippen LogP contribution in [0.2, 0.25) is 0 Å². The zero-order chi connectivity index (χ0) is 20.6. The van der Waals surface area contributed by atoms with E-state index in [1.807, 2.05) is 24.3 Å². The first-order valence-electron chi connectivity index (χ1n) is 10.8. The molecule has 1 unspecified atom stereocenters. The molecular formula is C27H29N3. The molecule has 0 radical (unpaired) electrons. The fourth-order valence-corrected chi connectivity index (χ4v) is 3.87. The number of amidine groups is 1. The number of piperidine rings is 1. The molecule has 1 aliphatic rings. The third-order valence-corrected chi connectivity index (χ3v) is 5.51. The molecular weight excluding hydrogens is 366 g/mol. The number of nitrogens with zero attached hydrogens (tertiary/aromatic N) is 2. The Kier molecular flexibility index (Phi) is 6.61. The molecule has 0 amide bonds. The van der Waals surface area contributed by atoms with Crippen LogP contribution in [0.3, 0.4) is 0 Å². The fraction of sp³-hybridized carbons (Fsp3) is 0.222. The van der Waals surface area contributed by atoms with Gasteiger partial charge < -0.3 is 10.2 Å². The zero-order valence-electron chi connectivity index (χ0n) is 17.5. The molecule has 3 heteroatoms. The van der Waals surface area contributed by atoms with Crippen molar-refractivity contribution in [3.8, 4) is 0 Å².